The quantitative estimate of drug-likeness (QED) is 0.516. The van der Waals surface area contributed by atoms with Crippen molar-refractivity contribution in [1.82, 2.24) is 0 Å². The Morgan fingerprint density at radius 3 is 2.38 bits per heavy atom. The van der Waals surface area contributed by atoms with Gasteiger partial charge in [0.05, 0.1) is 4.92 Å². The Kier molecular flexibility index (Phi) is 3.79. The molecular formula is C13H9F2N3O3. The molecule has 0 aliphatic carbocycles. The predicted molar refractivity (Wildman–Crippen MR) is 71.8 cm³/mol. The fraction of sp³-hybridized carbons (Fsp3) is 0. The van der Waals surface area contributed by atoms with Gasteiger partial charge >= 0.3 is 0 Å². The van der Waals surface area contributed by atoms with Crippen LogP contribution in [0.1, 0.15) is 10.4 Å². The number of anilines is 2. The third-order valence-electron chi connectivity index (χ3n) is 2.66. The van der Waals surface area contributed by atoms with E-state index < -0.39 is 28.2 Å². The highest BCUT2D eigenvalue weighted by Gasteiger charge is 2.14. The first-order valence-electron chi connectivity index (χ1n) is 5.69. The number of hydrogen-bond donors (Lipinski definition) is 2. The number of non-ortho nitro benzene ring substituents is 1. The molecule has 0 spiro atoms. The number of halogens is 2. The topological polar surface area (TPSA) is 98.3 Å². The van der Waals surface area contributed by atoms with Gasteiger partial charge in [-0.05, 0) is 18.2 Å². The summed E-state index contributed by atoms with van der Waals surface area (Å²) >= 11 is 0. The van der Waals surface area contributed by atoms with Gasteiger partial charge in [-0.15, -0.1) is 0 Å². The number of nitrogens with one attached hydrogen (secondary N) is 1. The van der Waals surface area contributed by atoms with E-state index in [1.807, 2.05) is 0 Å². The van der Waals surface area contributed by atoms with Crippen LogP contribution in [0.4, 0.5) is 25.8 Å². The summed E-state index contributed by atoms with van der Waals surface area (Å²) in [5, 5.41) is 12.9. The third kappa shape index (κ3) is 3.11. The maximum absolute atomic E-state index is 13.3. The molecule has 0 bridgehead atoms. The van der Waals surface area contributed by atoms with Crippen LogP contribution in [0.25, 0.3) is 0 Å². The summed E-state index contributed by atoms with van der Waals surface area (Å²) in [5.41, 5.74) is 4.05. The highest BCUT2D eigenvalue weighted by atomic mass is 19.1. The molecule has 2 aromatic carbocycles. The second kappa shape index (κ2) is 5.53. The van der Waals surface area contributed by atoms with Crippen molar-refractivity contribution in [3.8, 4) is 0 Å². The molecule has 108 valence electrons. The van der Waals surface area contributed by atoms with Crippen molar-refractivity contribution in [1.29, 1.82) is 0 Å². The molecular weight excluding hydrogens is 284 g/mol. The molecule has 0 unspecified atom stereocenters. The van der Waals surface area contributed by atoms with Crippen molar-refractivity contribution in [2.45, 2.75) is 0 Å². The first kappa shape index (κ1) is 14.4. The zero-order chi connectivity index (χ0) is 15.6. The first-order chi connectivity index (χ1) is 9.88. The summed E-state index contributed by atoms with van der Waals surface area (Å²) in [6.45, 7) is 0. The van der Waals surface area contributed by atoms with E-state index in [0.29, 0.717) is 0 Å². The number of rotatable bonds is 3. The molecule has 3 N–H and O–H groups in total. The summed E-state index contributed by atoms with van der Waals surface area (Å²) in [7, 11) is 0. The molecule has 8 heteroatoms. The van der Waals surface area contributed by atoms with Gasteiger partial charge in [-0.3, -0.25) is 14.9 Å². The first-order valence-corrected chi connectivity index (χ1v) is 5.69. The van der Waals surface area contributed by atoms with Crippen LogP contribution in [0, 0.1) is 21.7 Å². The molecule has 0 aromatic heterocycles. The molecule has 0 radical (unpaired) electrons. The summed E-state index contributed by atoms with van der Waals surface area (Å²) in [6, 6.07) is 6.73. The van der Waals surface area contributed by atoms with Gasteiger partial charge in [-0.1, -0.05) is 6.07 Å². The summed E-state index contributed by atoms with van der Waals surface area (Å²) in [6.07, 6.45) is 0. The SMILES string of the molecule is Nc1c(F)cc(C(=O)Nc2cccc([N+](=O)[O-])c2)cc1F. The van der Waals surface area contributed by atoms with Crippen molar-refractivity contribution in [3.05, 3.63) is 63.7 Å². The number of nitro groups is 1. The van der Waals surface area contributed by atoms with Crippen LogP contribution in [0.2, 0.25) is 0 Å². The number of carbonyl (C=O) groups excluding carboxylic acids is 1. The van der Waals surface area contributed by atoms with E-state index in [0.717, 1.165) is 18.2 Å². The van der Waals surface area contributed by atoms with Crippen molar-refractivity contribution >= 4 is 23.0 Å². The van der Waals surface area contributed by atoms with E-state index in [1.165, 1.54) is 18.2 Å². The van der Waals surface area contributed by atoms with Crippen LogP contribution in [0.3, 0.4) is 0 Å². The van der Waals surface area contributed by atoms with Gasteiger partial charge in [0.15, 0.2) is 0 Å². The monoisotopic (exact) mass is 293 g/mol. The van der Waals surface area contributed by atoms with E-state index in [-0.39, 0.29) is 16.9 Å². The van der Waals surface area contributed by atoms with E-state index in [1.54, 1.807) is 0 Å². The summed E-state index contributed by atoms with van der Waals surface area (Å²) in [5.74, 6) is -2.92. The van der Waals surface area contributed by atoms with Crippen LogP contribution in [0.5, 0.6) is 0 Å². The highest BCUT2D eigenvalue weighted by Crippen LogP contribution is 2.20. The Labute approximate surface area is 117 Å². The van der Waals surface area contributed by atoms with Crippen LogP contribution in [-0.4, -0.2) is 10.8 Å². The van der Waals surface area contributed by atoms with Gasteiger partial charge in [-0.2, -0.15) is 0 Å². The van der Waals surface area contributed by atoms with Crippen molar-refractivity contribution in [3.63, 3.8) is 0 Å². The zero-order valence-electron chi connectivity index (χ0n) is 10.5. The summed E-state index contributed by atoms with van der Waals surface area (Å²) < 4.78 is 26.5. The van der Waals surface area contributed by atoms with Crippen molar-refractivity contribution in [2.24, 2.45) is 0 Å². The average molecular weight is 293 g/mol. The van der Waals surface area contributed by atoms with Crippen LogP contribution in [0.15, 0.2) is 36.4 Å². The Hall–Kier alpha value is -3.03. The molecule has 2 aromatic rings. The Bertz CT molecular complexity index is 711. The van der Waals surface area contributed by atoms with Gasteiger partial charge in [0.1, 0.15) is 17.3 Å². The Balaban J connectivity index is 2.26. The number of nitrogen functional groups attached to an aromatic ring is 1. The standard InChI is InChI=1S/C13H9F2N3O3/c14-10-4-7(5-11(15)12(10)16)13(19)17-8-2-1-3-9(6-8)18(20)21/h1-6H,16H2,(H,17,19). The van der Waals surface area contributed by atoms with Crippen molar-refractivity contribution in [2.75, 3.05) is 11.1 Å². The molecule has 0 aliphatic heterocycles. The van der Waals surface area contributed by atoms with Gasteiger partial charge in [0.2, 0.25) is 0 Å². The maximum Gasteiger partial charge on any atom is 0.271 e. The van der Waals surface area contributed by atoms with Crippen LogP contribution in [-0.2, 0) is 0 Å². The third-order valence-corrected chi connectivity index (χ3v) is 2.66. The average Bonchev–Trinajstić information content (AvgIpc) is 2.44. The lowest BCUT2D eigenvalue weighted by Gasteiger charge is -2.07. The molecule has 0 heterocycles. The maximum atomic E-state index is 13.3. The number of nitrogens with two attached hydrogens (primary N) is 1. The largest absolute Gasteiger partial charge is 0.394 e. The Morgan fingerprint density at radius 1 is 1.19 bits per heavy atom. The second-order valence-corrected chi connectivity index (χ2v) is 4.12. The zero-order valence-corrected chi connectivity index (χ0v) is 10.5. The lowest BCUT2D eigenvalue weighted by atomic mass is 10.1. The number of carbonyl (C=O) groups is 1. The number of hydrogen-bond acceptors (Lipinski definition) is 4. The van der Waals surface area contributed by atoms with E-state index >= 15 is 0 Å². The fourth-order valence-electron chi connectivity index (χ4n) is 1.62. The lowest BCUT2D eigenvalue weighted by Crippen LogP contribution is -2.13. The van der Waals surface area contributed by atoms with E-state index in [9.17, 15) is 23.7 Å². The van der Waals surface area contributed by atoms with Gasteiger partial charge in [-0.25, -0.2) is 8.78 Å². The summed E-state index contributed by atoms with van der Waals surface area (Å²) in [4.78, 5) is 21.8. The van der Waals surface area contributed by atoms with Crippen LogP contribution >= 0.6 is 0 Å². The smallest absolute Gasteiger partial charge is 0.271 e. The van der Waals surface area contributed by atoms with E-state index in [2.05, 4.69) is 5.32 Å². The molecule has 2 rings (SSSR count). The Morgan fingerprint density at radius 2 is 1.81 bits per heavy atom. The normalized spacial score (nSPS) is 10.2. The minimum atomic E-state index is -1.06. The molecule has 0 saturated heterocycles. The number of nitrogens with zero attached hydrogens (tertiary/aromatic N) is 1. The van der Waals surface area contributed by atoms with Crippen molar-refractivity contribution < 1.29 is 18.5 Å². The van der Waals surface area contributed by atoms with Gasteiger partial charge < -0.3 is 11.1 Å². The molecule has 0 saturated carbocycles. The molecule has 0 fully saturated rings. The number of benzene rings is 2. The predicted octanol–water partition coefficient (Wildman–Crippen LogP) is 2.71. The van der Waals surface area contributed by atoms with Gasteiger partial charge in [0, 0.05) is 23.4 Å². The van der Waals surface area contributed by atoms with E-state index in [4.69, 9.17) is 5.73 Å². The minimum Gasteiger partial charge on any atom is -0.394 e. The number of amides is 1. The van der Waals surface area contributed by atoms with Gasteiger partial charge in [0.25, 0.3) is 11.6 Å². The molecule has 1 amide bonds. The minimum absolute atomic E-state index is 0.131. The molecule has 6 nitrogen and oxygen atoms in total. The lowest BCUT2D eigenvalue weighted by molar-refractivity contribution is -0.384. The highest BCUT2D eigenvalue weighted by molar-refractivity contribution is 6.04. The fourth-order valence-corrected chi connectivity index (χ4v) is 1.62. The molecule has 0 atom stereocenters. The number of nitro benzene ring substituents is 1. The molecule has 0 aliphatic rings. The molecule has 21 heavy (non-hydrogen) atoms. The van der Waals surface area contributed by atoms with Crippen LogP contribution < -0.4 is 11.1 Å². The second-order valence-electron chi connectivity index (χ2n) is 4.12.